The lowest BCUT2D eigenvalue weighted by Crippen LogP contribution is -2.43. The lowest BCUT2D eigenvalue weighted by atomic mass is 10.1. The molecule has 5 nitrogen and oxygen atoms in total. The third-order valence-corrected chi connectivity index (χ3v) is 3.64. The van der Waals surface area contributed by atoms with E-state index in [0.29, 0.717) is 17.5 Å². The normalized spacial score (nSPS) is 11.5. The molecule has 0 spiro atoms. The Balaban J connectivity index is 2.79. The second kappa shape index (κ2) is 8.55. The molecular weight excluding hydrogens is 360 g/mol. The molecule has 1 aromatic rings. The van der Waals surface area contributed by atoms with E-state index in [1.165, 1.54) is 0 Å². The molecule has 6 heteroatoms. The molecule has 0 fully saturated rings. The Morgan fingerprint density at radius 1 is 1.26 bits per heavy atom. The number of halogens is 1. The van der Waals surface area contributed by atoms with Crippen LogP contribution in [0.2, 0.25) is 0 Å². The molecule has 0 aliphatic rings. The van der Waals surface area contributed by atoms with Gasteiger partial charge in [-0.25, -0.2) is 0 Å². The van der Waals surface area contributed by atoms with Crippen LogP contribution in [0.4, 0.5) is 0 Å². The van der Waals surface area contributed by atoms with Crippen LogP contribution in [0.25, 0.3) is 0 Å². The summed E-state index contributed by atoms with van der Waals surface area (Å²) in [5.41, 5.74) is 0.791. The van der Waals surface area contributed by atoms with Gasteiger partial charge >= 0.3 is 0 Å². The highest BCUT2D eigenvalue weighted by atomic mass is 79.9. The number of hydrogen-bond donors (Lipinski definition) is 2. The molecule has 0 aliphatic heterocycles. The van der Waals surface area contributed by atoms with Crippen molar-refractivity contribution in [2.75, 3.05) is 13.7 Å². The summed E-state index contributed by atoms with van der Waals surface area (Å²) in [5.74, 6) is 0.982. The van der Waals surface area contributed by atoms with Crippen molar-refractivity contribution in [2.24, 2.45) is 0 Å². The third-order valence-electron chi connectivity index (χ3n) is 2.91. The first-order valence-corrected chi connectivity index (χ1v) is 8.45. The second-order valence-corrected chi connectivity index (χ2v) is 7.57. The van der Waals surface area contributed by atoms with Crippen molar-refractivity contribution in [1.82, 2.24) is 10.6 Å². The molecule has 0 heterocycles. The number of methoxy groups -OCH3 is 1. The number of amides is 1. The van der Waals surface area contributed by atoms with E-state index in [4.69, 9.17) is 9.47 Å². The minimum absolute atomic E-state index is 0.0519. The van der Waals surface area contributed by atoms with Crippen LogP contribution in [0.5, 0.6) is 11.5 Å². The average molecular weight is 387 g/mol. The largest absolute Gasteiger partial charge is 0.493 e. The fourth-order valence-electron chi connectivity index (χ4n) is 1.90. The lowest BCUT2D eigenvalue weighted by molar-refractivity contribution is -0.124. The van der Waals surface area contributed by atoms with Gasteiger partial charge in [-0.1, -0.05) is 29.8 Å². The summed E-state index contributed by atoms with van der Waals surface area (Å²) in [4.78, 5) is 11.9. The van der Waals surface area contributed by atoms with Gasteiger partial charge in [-0.05, 0) is 38.5 Å². The molecule has 0 aliphatic carbocycles. The van der Waals surface area contributed by atoms with Gasteiger partial charge in [-0.3, -0.25) is 4.79 Å². The van der Waals surface area contributed by atoms with Crippen LogP contribution in [0.1, 0.15) is 40.2 Å². The van der Waals surface area contributed by atoms with Crippen molar-refractivity contribution in [3.05, 3.63) is 22.2 Å². The summed E-state index contributed by atoms with van der Waals surface area (Å²) in [7, 11) is 1.59. The SMILES string of the molecule is COc1cc(CNC(C)C)c(Br)cc1OCC(=O)NC(C)(C)C. The van der Waals surface area contributed by atoms with Crippen LogP contribution >= 0.6 is 15.9 Å². The Morgan fingerprint density at radius 2 is 1.91 bits per heavy atom. The highest BCUT2D eigenvalue weighted by Gasteiger charge is 2.16. The van der Waals surface area contributed by atoms with Crippen LogP contribution < -0.4 is 20.1 Å². The fourth-order valence-corrected chi connectivity index (χ4v) is 2.36. The van der Waals surface area contributed by atoms with Crippen molar-refractivity contribution >= 4 is 21.8 Å². The third kappa shape index (κ3) is 7.22. The molecule has 0 atom stereocenters. The first kappa shape index (κ1) is 19.8. The van der Waals surface area contributed by atoms with E-state index < -0.39 is 0 Å². The van der Waals surface area contributed by atoms with E-state index in [1.807, 2.05) is 32.9 Å². The Bertz CT molecular complexity index is 539. The first-order valence-electron chi connectivity index (χ1n) is 7.66. The predicted octanol–water partition coefficient (Wildman–Crippen LogP) is 3.25. The molecule has 130 valence electrons. The number of nitrogens with one attached hydrogen (secondary N) is 2. The van der Waals surface area contributed by atoms with Gasteiger partial charge in [0, 0.05) is 22.6 Å². The van der Waals surface area contributed by atoms with Crippen molar-refractivity contribution in [3.63, 3.8) is 0 Å². The zero-order chi connectivity index (χ0) is 17.6. The fraction of sp³-hybridized carbons (Fsp3) is 0.588. The average Bonchev–Trinajstić information content (AvgIpc) is 2.41. The van der Waals surface area contributed by atoms with E-state index in [0.717, 1.165) is 16.6 Å². The van der Waals surface area contributed by atoms with Gasteiger partial charge in [-0.15, -0.1) is 0 Å². The molecular formula is C17H27BrN2O3. The van der Waals surface area contributed by atoms with E-state index in [1.54, 1.807) is 7.11 Å². The maximum Gasteiger partial charge on any atom is 0.258 e. The molecule has 0 unspecified atom stereocenters. The summed E-state index contributed by atoms with van der Waals surface area (Å²) in [6.07, 6.45) is 0. The molecule has 1 aromatic carbocycles. The smallest absolute Gasteiger partial charge is 0.258 e. The molecule has 0 aromatic heterocycles. The minimum atomic E-state index is -0.280. The van der Waals surface area contributed by atoms with Crippen molar-refractivity contribution in [2.45, 2.75) is 52.7 Å². The molecule has 0 saturated heterocycles. The second-order valence-electron chi connectivity index (χ2n) is 6.72. The van der Waals surface area contributed by atoms with Crippen LogP contribution in [0.15, 0.2) is 16.6 Å². The number of rotatable bonds is 7. The molecule has 23 heavy (non-hydrogen) atoms. The minimum Gasteiger partial charge on any atom is -0.493 e. The number of carbonyl (C=O) groups is 1. The van der Waals surface area contributed by atoms with Crippen LogP contribution in [-0.4, -0.2) is 31.2 Å². The summed E-state index contributed by atoms with van der Waals surface area (Å²) < 4.78 is 11.9. The summed E-state index contributed by atoms with van der Waals surface area (Å²) in [6.45, 7) is 10.6. The van der Waals surface area contributed by atoms with E-state index in [9.17, 15) is 4.79 Å². The molecule has 1 rings (SSSR count). The molecule has 0 saturated carbocycles. The summed E-state index contributed by atoms with van der Waals surface area (Å²) >= 11 is 3.54. The lowest BCUT2D eigenvalue weighted by Gasteiger charge is -2.21. The van der Waals surface area contributed by atoms with E-state index in [2.05, 4.69) is 40.4 Å². The quantitative estimate of drug-likeness (QED) is 0.754. The van der Waals surface area contributed by atoms with Gasteiger partial charge in [-0.2, -0.15) is 0 Å². The van der Waals surface area contributed by atoms with Crippen molar-refractivity contribution < 1.29 is 14.3 Å². The van der Waals surface area contributed by atoms with Crippen LogP contribution in [-0.2, 0) is 11.3 Å². The summed E-state index contributed by atoms with van der Waals surface area (Å²) in [5, 5.41) is 6.22. The molecule has 0 bridgehead atoms. The number of ether oxygens (including phenoxy) is 2. The monoisotopic (exact) mass is 386 g/mol. The molecule has 0 radical (unpaired) electrons. The van der Waals surface area contributed by atoms with Crippen molar-refractivity contribution in [3.8, 4) is 11.5 Å². The van der Waals surface area contributed by atoms with Gasteiger partial charge in [0.1, 0.15) is 0 Å². The maximum absolute atomic E-state index is 11.9. The van der Waals surface area contributed by atoms with Gasteiger partial charge in [0.15, 0.2) is 18.1 Å². The Hall–Kier alpha value is -1.27. The first-order chi connectivity index (χ1) is 10.6. The van der Waals surface area contributed by atoms with E-state index >= 15 is 0 Å². The Kier molecular flexibility index (Phi) is 7.35. The number of hydrogen-bond acceptors (Lipinski definition) is 4. The Labute approximate surface area is 147 Å². The standard InChI is InChI=1S/C17H27BrN2O3/c1-11(2)19-9-12-7-14(22-6)15(8-13(12)18)23-10-16(21)20-17(3,4)5/h7-8,11,19H,9-10H2,1-6H3,(H,20,21). The van der Waals surface area contributed by atoms with Crippen LogP contribution in [0, 0.1) is 0 Å². The van der Waals surface area contributed by atoms with Gasteiger partial charge < -0.3 is 20.1 Å². The Morgan fingerprint density at radius 3 is 2.43 bits per heavy atom. The molecule has 1 amide bonds. The molecule has 2 N–H and O–H groups in total. The summed E-state index contributed by atoms with van der Waals surface area (Å²) in [6, 6.07) is 4.14. The number of carbonyl (C=O) groups excluding carboxylic acids is 1. The highest BCUT2D eigenvalue weighted by molar-refractivity contribution is 9.10. The van der Waals surface area contributed by atoms with E-state index in [-0.39, 0.29) is 18.1 Å². The topological polar surface area (TPSA) is 59.6 Å². The van der Waals surface area contributed by atoms with Crippen LogP contribution in [0.3, 0.4) is 0 Å². The van der Waals surface area contributed by atoms with Gasteiger partial charge in [0.05, 0.1) is 7.11 Å². The zero-order valence-corrected chi connectivity index (χ0v) is 16.3. The van der Waals surface area contributed by atoms with Gasteiger partial charge in [0.2, 0.25) is 0 Å². The number of benzene rings is 1. The predicted molar refractivity (Wildman–Crippen MR) is 96.1 cm³/mol. The zero-order valence-electron chi connectivity index (χ0n) is 14.7. The maximum atomic E-state index is 11.9. The highest BCUT2D eigenvalue weighted by Crippen LogP contribution is 2.33. The van der Waals surface area contributed by atoms with Gasteiger partial charge in [0.25, 0.3) is 5.91 Å². The van der Waals surface area contributed by atoms with Crippen molar-refractivity contribution in [1.29, 1.82) is 0 Å².